The number of carbonyl (C=O) groups is 1. The topological polar surface area (TPSA) is 99.8 Å². The molecule has 140 valence electrons. The Hall–Kier alpha value is -2.22. The zero-order valence-electron chi connectivity index (χ0n) is 15.5. The molecule has 0 bridgehead atoms. The second-order valence-corrected chi connectivity index (χ2v) is 7.75. The van der Waals surface area contributed by atoms with Crippen molar-refractivity contribution in [3.05, 3.63) is 29.1 Å². The number of hydrogen-bond acceptors (Lipinski definition) is 5. The Morgan fingerprint density at radius 3 is 2.77 bits per heavy atom. The predicted octanol–water partition coefficient (Wildman–Crippen LogP) is 2.06. The number of likely N-dealkylation sites (tertiary alicyclic amines) is 1. The van der Waals surface area contributed by atoms with Crippen molar-refractivity contribution in [1.82, 2.24) is 30.3 Å². The molecule has 8 nitrogen and oxygen atoms in total. The standard InChI is InChI=1S/C18H26N6O2/c1-10(2)14-6-15(21-20-14)18(25)24-7-12(11-4-5-11)13(8-24)17-19-16(9-26-3)22-23-17/h6,10-13H,4-5,7-9H2,1-3H3,(H,20,21)(H,19,22,23)/t12-,13+/m1/s1. The summed E-state index contributed by atoms with van der Waals surface area (Å²) < 4.78 is 5.12. The van der Waals surface area contributed by atoms with Crippen LogP contribution in [0.15, 0.2) is 6.07 Å². The van der Waals surface area contributed by atoms with E-state index in [1.54, 1.807) is 7.11 Å². The third kappa shape index (κ3) is 3.25. The van der Waals surface area contributed by atoms with Crippen molar-refractivity contribution >= 4 is 5.91 Å². The molecule has 4 rings (SSSR count). The van der Waals surface area contributed by atoms with E-state index in [1.807, 2.05) is 11.0 Å². The summed E-state index contributed by atoms with van der Waals surface area (Å²) in [6, 6.07) is 1.87. The lowest BCUT2D eigenvalue weighted by molar-refractivity contribution is 0.0779. The van der Waals surface area contributed by atoms with Crippen LogP contribution in [-0.2, 0) is 11.3 Å². The molecule has 3 heterocycles. The number of nitrogens with zero attached hydrogens (tertiary/aromatic N) is 4. The lowest BCUT2D eigenvalue weighted by Crippen LogP contribution is -2.29. The van der Waals surface area contributed by atoms with Gasteiger partial charge in [-0.05, 0) is 36.7 Å². The van der Waals surface area contributed by atoms with Crippen LogP contribution in [0.3, 0.4) is 0 Å². The third-order valence-electron chi connectivity index (χ3n) is 5.48. The number of hydrogen-bond donors (Lipinski definition) is 2. The SMILES string of the molecule is COCc1nc([C@H]2CN(C(=O)c3cc(C(C)C)[nH]n3)C[C@@H]2C2CC2)n[nH]1. The van der Waals surface area contributed by atoms with E-state index in [0.717, 1.165) is 23.9 Å². The number of H-pyrrole nitrogens is 2. The Balaban J connectivity index is 1.52. The van der Waals surface area contributed by atoms with Gasteiger partial charge in [0.05, 0.1) is 0 Å². The van der Waals surface area contributed by atoms with E-state index in [9.17, 15) is 4.79 Å². The van der Waals surface area contributed by atoms with E-state index in [1.165, 1.54) is 12.8 Å². The summed E-state index contributed by atoms with van der Waals surface area (Å²) in [5, 5.41) is 14.5. The fourth-order valence-electron chi connectivity index (χ4n) is 3.85. The molecule has 1 amide bonds. The van der Waals surface area contributed by atoms with Crippen molar-refractivity contribution in [3.63, 3.8) is 0 Å². The second-order valence-electron chi connectivity index (χ2n) is 7.75. The number of ether oxygens (including phenoxy) is 1. The molecule has 2 fully saturated rings. The highest BCUT2D eigenvalue weighted by molar-refractivity contribution is 5.92. The molecule has 1 saturated carbocycles. The number of nitrogens with one attached hydrogen (secondary N) is 2. The van der Waals surface area contributed by atoms with Gasteiger partial charge in [0.15, 0.2) is 11.6 Å². The van der Waals surface area contributed by atoms with Crippen molar-refractivity contribution in [2.75, 3.05) is 20.2 Å². The molecule has 0 spiro atoms. The van der Waals surface area contributed by atoms with E-state index < -0.39 is 0 Å². The second kappa shape index (κ2) is 6.83. The minimum atomic E-state index is -0.00560. The van der Waals surface area contributed by atoms with Gasteiger partial charge in [0, 0.05) is 31.8 Å². The summed E-state index contributed by atoms with van der Waals surface area (Å²) in [4.78, 5) is 19.4. The van der Waals surface area contributed by atoms with E-state index >= 15 is 0 Å². The quantitative estimate of drug-likeness (QED) is 0.823. The minimum Gasteiger partial charge on any atom is -0.377 e. The van der Waals surface area contributed by atoms with Gasteiger partial charge in [0.25, 0.3) is 5.91 Å². The van der Waals surface area contributed by atoms with E-state index in [2.05, 4.69) is 39.2 Å². The molecule has 1 saturated heterocycles. The molecule has 1 aliphatic heterocycles. The van der Waals surface area contributed by atoms with E-state index in [-0.39, 0.29) is 11.8 Å². The number of aromatic amines is 2. The van der Waals surface area contributed by atoms with Gasteiger partial charge < -0.3 is 9.64 Å². The monoisotopic (exact) mass is 358 g/mol. The molecule has 0 aromatic carbocycles. The highest BCUT2D eigenvalue weighted by atomic mass is 16.5. The van der Waals surface area contributed by atoms with Gasteiger partial charge in [-0.15, -0.1) is 0 Å². The maximum Gasteiger partial charge on any atom is 0.274 e. The highest BCUT2D eigenvalue weighted by Crippen LogP contribution is 2.47. The number of rotatable bonds is 6. The Labute approximate surface area is 152 Å². The molecule has 2 N–H and O–H groups in total. The van der Waals surface area contributed by atoms with Crippen LogP contribution in [0.2, 0.25) is 0 Å². The molecular weight excluding hydrogens is 332 g/mol. The molecule has 26 heavy (non-hydrogen) atoms. The van der Waals surface area contributed by atoms with E-state index in [0.29, 0.717) is 36.6 Å². The molecule has 1 aliphatic carbocycles. The Morgan fingerprint density at radius 1 is 1.31 bits per heavy atom. The van der Waals surface area contributed by atoms with Crippen LogP contribution in [0.25, 0.3) is 0 Å². The first-order valence-electron chi connectivity index (χ1n) is 9.31. The molecule has 2 aromatic rings. The zero-order valence-corrected chi connectivity index (χ0v) is 15.5. The summed E-state index contributed by atoms with van der Waals surface area (Å²) in [5.74, 6) is 3.12. The molecule has 8 heteroatoms. The van der Waals surface area contributed by atoms with Crippen molar-refractivity contribution in [2.45, 2.75) is 45.1 Å². The maximum absolute atomic E-state index is 12.9. The summed E-state index contributed by atoms with van der Waals surface area (Å²) >= 11 is 0. The Bertz CT molecular complexity index is 778. The van der Waals surface area contributed by atoms with Crippen LogP contribution in [0.5, 0.6) is 0 Å². The average Bonchev–Trinajstić information content (AvgIpc) is 3.06. The molecule has 2 atom stereocenters. The molecule has 0 unspecified atom stereocenters. The normalized spacial score (nSPS) is 23.2. The highest BCUT2D eigenvalue weighted by Gasteiger charge is 2.46. The minimum absolute atomic E-state index is 0.00560. The molecule has 0 radical (unpaired) electrons. The van der Waals surface area contributed by atoms with Gasteiger partial charge in [-0.25, -0.2) is 4.98 Å². The maximum atomic E-state index is 12.9. The van der Waals surface area contributed by atoms with Gasteiger partial charge >= 0.3 is 0 Å². The van der Waals surface area contributed by atoms with Crippen molar-refractivity contribution in [3.8, 4) is 0 Å². The first-order chi connectivity index (χ1) is 12.6. The van der Waals surface area contributed by atoms with Crippen LogP contribution in [-0.4, -0.2) is 56.4 Å². The van der Waals surface area contributed by atoms with Crippen molar-refractivity contribution in [1.29, 1.82) is 0 Å². The fourth-order valence-corrected chi connectivity index (χ4v) is 3.85. The molecular formula is C18H26N6O2. The van der Waals surface area contributed by atoms with Gasteiger partial charge in [-0.1, -0.05) is 13.8 Å². The van der Waals surface area contributed by atoms with Crippen LogP contribution in [0, 0.1) is 11.8 Å². The average molecular weight is 358 g/mol. The summed E-state index contributed by atoms with van der Waals surface area (Å²) in [7, 11) is 1.64. The number of aromatic nitrogens is 5. The lowest BCUT2D eigenvalue weighted by atomic mass is 9.91. The number of carbonyl (C=O) groups excluding carboxylic acids is 1. The van der Waals surface area contributed by atoms with Crippen LogP contribution < -0.4 is 0 Å². The first-order valence-corrected chi connectivity index (χ1v) is 9.31. The molecule has 2 aromatic heterocycles. The van der Waals surface area contributed by atoms with Crippen molar-refractivity contribution < 1.29 is 9.53 Å². The number of methoxy groups -OCH3 is 1. The fraction of sp³-hybridized carbons (Fsp3) is 0.667. The van der Waals surface area contributed by atoms with Gasteiger partial charge in [-0.2, -0.15) is 10.2 Å². The Morgan fingerprint density at radius 2 is 2.12 bits per heavy atom. The van der Waals surface area contributed by atoms with Gasteiger partial charge in [0.1, 0.15) is 12.3 Å². The first kappa shape index (κ1) is 17.2. The zero-order chi connectivity index (χ0) is 18.3. The third-order valence-corrected chi connectivity index (χ3v) is 5.48. The van der Waals surface area contributed by atoms with Gasteiger partial charge in [-0.3, -0.25) is 15.0 Å². The van der Waals surface area contributed by atoms with Crippen LogP contribution >= 0.6 is 0 Å². The Kier molecular flexibility index (Phi) is 4.52. The summed E-state index contributed by atoms with van der Waals surface area (Å²) in [5.41, 5.74) is 1.49. The lowest BCUT2D eigenvalue weighted by Gasteiger charge is -2.14. The van der Waals surface area contributed by atoms with Crippen LogP contribution in [0.4, 0.5) is 0 Å². The summed E-state index contributed by atoms with van der Waals surface area (Å²) in [6.45, 7) is 5.98. The largest absolute Gasteiger partial charge is 0.377 e. The van der Waals surface area contributed by atoms with Crippen LogP contribution in [0.1, 0.15) is 66.4 Å². The van der Waals surface area contributed by atoms with E-state index in [4.69, 9.17) is 4.74 Å². The summed E-state index contributed by atoms with van der Waals surface area (Å²) in [6.07, 6.45) is 2.47. The number of amides is 1. The van der Waals surface area contributed by atoms with Gasteiger partial charge in [0.2, 0.25) is 0 Å². The predicted molar refractivity (Wildman–Crippen MR) is 94.6 cm³/mol. The van der Waals surface area contributed by atoms with Crippen molar-refractivity contribution in [2.24, 2.45) is 11.8 Å². The molecule has 2 aliphatic rings. The smallest absolute Gasteiger partial charge is 0.274 e.